The number of benzene rings is 12. The van der Waals surface area contributed by atoms with Crippen LogP contribution in [0.25, 0.3) is 10.8 Å². The van der Waals surface area contributed by atoms with Gasteiger partial charge in [0.25, 0.3) is 0 Å². The zero-order valence-corrected chi connectivity index (χ0v) is 47.1. The summed E-state index contributed by atoms with van der Waals surface area (Å²) in [6.45, 7) is 0. The Bertz CT molecular complexity index is 4160. The van der Waals surface area contributed by atoms with E-state index in [1.165, 1.54) is 117 Å². The van der Waals surface area contributed by atoms with Gasteiger partial charge in [-0.15, -0.1) is 0 Å². The first-order chi connectivity index (χ1) is 38.8. The number of hydrogen-bond donors (Lipinski definition) is 0. The molecule has 2 atom stereocenters. The van der Waals surface area contributed by atoms with E-state index in [1.807, 2.05) is 0 Å². The summed E-state index contributed by atoms with van der Waals surface area (Å²) in [6, 6.07) is 101. The molecule has 78 heavy (non-hydrogen) atoms. The number of hydrogen-bond acceptors (Lipinski definition) is 6. The normalized spacial score (nSPS) is 16.1. The van der Waals surface area contributed by atoms with Gasteiger partial charge in [-0.3, -0.25) is 0 Å². The Kier molecular flexibility index (Phi) is 8.90. The fraction of sp³-hybridized carbons (Fsp3) is 0. The minimum absolute atomic E-state index is 1.16. The molecule has 18 rings (SSSR count). The molecule has 12 aromatic carbocycles. The Morgan fingerprint density at radius 2 is 0.410 bits per heavy atom. The van der Waals surface area contributed by atoms with Crippen LogP contribution in [0, 0.1) is 0 Å². The maximum absolute atomic E-state index is 3.13. The van der Waals surface area contributed by atoms with Crippen molar-refractivity contribution in [3.63, 3.8) is 0 Å². The summed E-state index contributed by atoms with van der Waals surface area (Å²) >= 11 is -6.27. The zero-order chi connectivity index (χ0) is 50.7. The van der Waals surface area contributed by atoms with Gasteiger partial charge in [-0.2, -0.15) is 0 Å². The van der Waals surface area contributed by atoms with Crippen molar-refractivity contribution in [1.82, 2.24) is 0 Å². The first-order valence-electron chi connectivity index (χ1n) is 27.1. The molecule has 6 nitrogen and oxygen atoms in total. The molecule has 0 radical (unpaired) electrons. The van der Waals surface area contributed by atoms with Gasteiger partial charge in [0.15, 0.2) is 0 Å². The molecule has 0 saturated carbocycles. The Balaban J connectivity index is 1.05. The maximum atomic E-state index is 2.70. The van der Waals surface area contributed by atoms with Crippen LogP contribution in [0.3, 0.4) is 0 Å². The van der Waals surface area contributed by atoms with Crippen molar-refractivity contribution in [1.29, 1.82) is 0 Å². The van der Waals surface area contributed by atoms with Crippen molar-refractivity contribution >= 4 is 168 Å². The molecule has 0 spiro atoms. The molecule has 12 aromatic rings. The summed E-state index contributed by atoms with van der Waals surface area (Å²) in [5.41, 5.74) is 22.5. The van der Waals surface area contributed by atoms with Crippen LogP contribution in [-0.2, 0) is 0 Å². The predicted octanol–water partition coefficient (Wildman–Crippen LogP) is 14.0. The van der Waals surface area contributed by atoms with Crippen LogP contribution in [0.4, 0.5) is 102 Å². The molecule has 0 fully saturated rings. The van der Waals surface area contributed by atoms with Crippen molar-refractivity contribution < 1.29 is 0 Å². The fourth-order valence-electron chi connectivity index (χ4n) is 14.6. The zero-order valence-electron chi connectivity index (χ0n) is 42.2. The molecular formula is C70H46Ge2N6. The van der Waals surface area contributed by atoms with E-state index < -0.39 is 28.7 Å². The van der Waals surface area contributed by atoms with Crippen LogP contribution >= 0.6 is 0 Å². The summed E-state index contributed by atoms with van der Waals surface area (Å²) in [4.78, 5) is 15.8. The third-order valence-electron chi connectivity index (χ3n) is 17.3. The van der Waals surface area contributed by atoms with Crippen molar-refractivity contribution in [3.05, 3.63) is 267 Å². The van der Waals surface area contributed by atoms with E-state index in [0.29, 0.717) is 0 Å². The van der Waals surface area contributed by atoms with Crippen molar-refractivity contribution in [2.45, 2.75) is 0 Å². The van der Waals surface area contributed by atoms with Gasteiger partial charge in [0.1, 0.15) is 0 Å². The molecule has 6 aliphatic rings. The fourth-order valence-corrected chi connectivity index (χ4v) is 31.4. The Labute approximate surface area is 461 Å². The predicted molar refractivity (Wildman–Crippen MR) is 331 cm³/mol. The van der Waals surface area contributed by atoms with Crippen LogP contribution in [0.5, 0.6) is 0 Å². The van der Waals surface area contributed by atoms with Gasteiger partial charge in [0, 0.05) is 0 Å². The van der Waals surface area contributed by atoms with E-state index in [9.17, 15) is 0 Å². The number of nitrogens with zero attached hydrogens (tertiary/aromatic N) is 6. The number of para-hydroxylation sites is 6. The van der Waals surface area contributed by atoms with Gasteiger partial charge in [-0.05, 0) is 0 Å². The SMILES string of the molecule is c1ccc(N2c3cccc4[c]3[GeH]3[c]5c2cccc5N(c2ccccc2)c2[c]3c(cc3cc5[c]6c(c23)N(c2ccccc2)c2cccc3[c]2[GeH]6[c]2c(cccc2N5c2ccccc2)N3c2ccccc2)N4c2ccccc2)cc1. The van der Waals surface area contributed by atoms with E-state index in [2.05, 4.69) is 296 Å². The average Bonchev–Trinajstić information content (AvgIpc) is 2.23. The first kappa shape index (κ1) is 42.9. The third-order valence-corrected chi connectivity index (χ3v) is 31.9. The summed E-state index contributed by atoms with van der Waals surface area (Å²) in [6.07, 6.45) is 0. The van der Waals surface area contributed by atoms with Gasteiger partial charge in [0.2, 0.25) is 0 Å². The summed E-state index contributed by atoms with van der Waals surface area (Å²) in [5, 5.41) is 2.55. The van der Waals surface area contributed by atoms with E-state index in [4.69, 9.17) is 0 Å². The molecule has 8 heteroatoms. The van der Waals surface area contributed by atoms with Crippen LogP contribution in [-0.4, -0.2) is 28.7 Å². The minimum atomic E-state index is -3.13. The Morgan fingerprint density at radius 3 is 0.667 bits per heavy atom. The molecule has 2 unspecified atom stereocenters. The van der Waals surface area contributed by atoms with Crippen LogP contribution in [0.2, 0.25) is 0 Å². The van der Waals surface area contributed by atoms with E-state index in [-0.39, 0.29) is 0 Å². The van der Waals surface area contributed by atoms with E-state index >= 15 is 0 Å². The van der Waals surface area contributed by atoms with Gasteiger partial charge >= 0.3 is 465 Å². The molecule has 0 amide bonds. The number of rotatable bonds is 6. The molecule has 6 heterocycles. The number of anilines is 18. The van der Waals surface area contributed by atoms with Gasteiger partial charge in [-0.25, -0.2) is 0 Å². The first-order valence-corrected chi connectivity index (χ1v) is 34.4. The van der Waals surface area contributed by atoms with Crippen LogP contribution < -0.4 is 55.8 Å². The van der Waals surface area contributed by atoms with Crippen LogP contribution in [0.1, 0.15) is 0 Å². The molecule has 0 saturated heterocycles. The molecular weight excluding hydrogens is 1070 g/mol. The molecule has 0 aliphatic carbocycles. The van der Waals surface area contributed by atoms with Crippen LogP contribution in [0.15, 0.2) is 267 Å². The second-order valence-electron chi connectivity index (χ2n) is 21.1. The number of fused-ring (bicyclic) bond motifs is 3. The molecule has 6 aliphatic heterocycles. The third kappa shape index (κ3) is 5.62. The molecule has 0 aromatic heterocycles. The average molecular weight is 1120 g/mol. The van der Waals surface area contributed by atoms with Crippen molar-refractivity contribution in [2.75, 3.05) is 29.4 Å². The summed E-state index contributed by atoms with van der Waals surface area (Å²) in [7, 11) is 0. The van der Waals surface area contributed by atoms with Gasteiger partial charge < -0.3 is 0 Å². The Hall–Kier alpha value is -9.21. The monoisotopic (exact) mass is 1120 g/mol. The summed E-state index contributed by atoms with van der Waals surface area (Å²) < 4.78 is 9.09. The second-order valence-corrected chi connectivity index (χ2v) is 32.0. The molecule has 0 N–H and O–H groups in total. The topological polar surface area (TPSA) is 19.4 Å². The van der Waals surface area contributed by atoms with E-state index in [0.717, 1.165) is 22.7 Å². The van der Waals surface area contributed by atoms with Gasteiger partial charge in [-0.1, -0.05) is 0 Å². The van der Waals surface area contributed by atoms with Crippen molar-refractivity contribution in [2.24, 2.45) is 0 Å². The molecule has 364 valence electrons. The van der Waals surface area contributed by atoms with Gasteiger partial charge in [0.05, 0.1) is 0 Å². The Morgan fingerprint density at radius 1 is 0.192 bits per heavy atom. The second kappa shape index (κ2) is 16.2. The summed E-state index contributed by atoms with van der Waals surface area (Å²) in [5.74, 6) is 0. The molecule has 0 bridgehead atoms. The van der Waals surface area contributed by atoms with Crippen molar-refractivity contribution in [3.8, 4) is 0 Å². The quantitative estimate of drug-likeness (QED) is 0.154. The standard InChI is InChI=1S/C70H46Ge2N6/c1-7-23-46(24-8-1)73-52-35-19-39-56-63(52)71-65-54(73)37-21-41-58(65)77(50-31-15-5-16-32-50)69-62-45(43-60(67(69)71)75(56)48-27-11-3-12-28-48)44-61-68-70(62)78(51-33-17-6-18-34-51)59-42-22-38-55-66(59)72(68)64-53(74(55)47-25-9-2-10-26-47)36-20-40-57(64)76(61)49-29-13-4-14-30-49/h1-44,71-72H. The van der Waals surface area contributed by atoms with E-state index in [1.54, 1.807) is 0 Å².